The second-order valence-corrected chi connectivity index (χ2v) is 8.40. The number of amides is 2. The second-order valence-electron chi connectivity index (χ2n) is 8.40. The van der Waals surface area contributed by atoms with E-state index >= 15 is 0 Å². The third-order valence-electron chi connectivity index (χ3n) is 6.66. The molecule has 2 saturated heterocycles. The van der Waals surface area contributed by atoms with Crippen LogP contribution in [0.2, 0.25) is 0 Å². The van der Waals surface area contributed by atoms with Crippen LogP contribution in [0.1, 0.15) is 20.3 Å². The number of fused-ring (bicyclic) bond motifs is 1. The molecule has 4 rings (SSSR count). The maximum Gasteiger partial charge on any atom is 0.317 e. The summed E-state index contributed by atoms with van der Waals surface area (Å²) in [5.74, 6) is 2.85. The molecule has 2 heterocycles. The number of hydrogen-bond donors (Lipinski definition) is 1. The molecule has 1 aromatic rings. The van der Waals surface area contributed by atoms with Gasteiger partial charge in [-0.1, -0.05) is 26.0 Å². The first kappa shape index (κ1) is 16.6. The van der Waals surface area contributed by atoms with E-state index in [0.29, 0.717) is 23.2 Å². The Hall–Kier alpha value is -1.91. The summed E-state index contributed by atoms with van der Waals surface area (Å²) in [5.41, 5.74) is 1.61. The van der Waals surface area contributed by atoms with E-state index in [1.54, 1.807) is 7.11 Å². The van der Waals surface area contributed by atoms with Crippen LogP contribution < -0.4 is 15.0 Å². The second kappa shape index (κ2) is 6.11. The van der Waals surface area contributed by atoms with Gasteiger partial charge in [-0.15, -0.1) is 0 Å². The lowest BCUT2D eigenvalue weighted by Crippen LogP contribution is -2.42. The zero-order valence-corrected chi connectivity index (χ0v) is 15.5. The van der Waals surface area contributed by atoms with Gasteiger partial charge < -0.3 is 19.9 Å². The van der Waals surface area contributed by atoms with Crippen molar-refractivity contribution < 1.29 is 9.53 Å². The number of rotatable bonds is 4. The number of methoxy groups -OCH3 is 1. The molecule has 0 bridgehead atoms. The van der Waals surface area contributed by atoms with Crippen LogP contribution in [0.25, 0.3) is 0 Å². The van der Waals surface area contributed by atoms with Crippen molar-refractivity contribution in [2.45, 2.75) is 20.3 Å². The van der Waals surface area contributed by atoms with Crippen LogP contribution in [-0.4, -0.2) is 50.8 Å². The number of carbonyl (C=O) groups excluding carboxylic acids is 1. The standard InChI is InChI=1S/C20H29N3O2/c1-20(2)15-12-23(13-16(15)20)19(24)21-10-14-8-9-22(11-14)17-6-4-5-7-18(17)25-3/h4-7,14-16H,8-13H2,1-3H3,(H,21,24)/t14-,15-,16+/m1/s1. The van der Waals surface area contributed by atoms with Crippen molar-refractivity contribution in [3.8, 4) is 5.75 Å². The SMILES string of the molecule is COc1ccccc1N1CC[C@H](CNC(=O)N2C[C@@H]3[C@H](C2)C3(C)C)C1. The lowest BCUT2D eigenvalue weighted by atomic mass is 10.1. The monoisotopic (exact) mass is 343 g/mol. The van der Waals surface area contributed by atoms with Crippen LogP contribution in [0, 0.1) is 23.2 Å². The van der Waals surface area contributed by atoms with Gasteiger partial charge in [0, 0.05) is 32.7 Å². The summed E-state index contributed by atoms with van der Waals surface area (Å²) < 4.78 is 5.47. The van der Waals surface area contributed by atoms with Gasteiger partial charge in [-0.2, -0.15) is 0 Å². The van der Waals surface area contributed by atoms with Gasteiger partial charge in [-0.25, -0.2) is 4.79 Å². The van der Waals surface area contributed by atoms with Gasteiger partial charge in [0.2, 0.25) is 0 Å². The fourth-order valence-corrected chi connectivity index (χ4v) is 4.75. The van der Waals surface area contributed by atoms with Crippen molar-refractivity contribution in [1.29, 1.82) is 0 Å². The third-order valence-corrected chi connectivity index (χ3v) is 6.66. The largest absolute Gasteiger partial charge is 0.495 e. The van der Waals surface area contributed by atoms with Crippen LogP contribution in [0.5, 0.6) is 5.75 Å². The summed E-state index contributed by atoms with van der Waals surface area (Å²) in [7, 11) is 1.72. The average Bonchev–Trinajstić information content (AvgIpc) is 3.09. The highest BCUT2D eigenvalue weighted by Crippen LogP contribution is 2.61. The predicted octanol–water partition coefficient (Wildman–Crippen LogP) is 2.82. The molecule has 5 nitrogen and oxygen atoms in total. The molecule has 1 aromatic carbocycles. The minimum absolute atomic E-state index is 0.124. The van der Waals surface area contributed by atoms with Gasteiger partial charge >= 0.3 is 6.03 Å². The van der Waals surface area contributed by atoms with Gasteiger partial charge in [0.15, 0.2) is 0 Å². The van der Waals surface area contributed by atoms with E-state index in [0.717, 1.165) is 50.6 Å². The van der Waals surface area contributed by atoms with Crippen molar-refractivity contribution in [3.63, 3.8) is 0 Å². The molecule has 2 amide bonds. The first-order chi connectivity index (χ1) is 12.0. The summed E-state index contributed by atoms with van der Waals surface area (Å²) in [6.45, 7) is 9.26. The Morgan fingerprint density at radius 1 is 1.24 bits per heavy atom. The van der Waals surface area contributed by atoms with E-state index in [2.05, 4.69) is 30.1 Å². The number of likely N-dealkylation sites (tertiary alicyclic amines) is 1. The molecule has 1 aliphatic carbocycles. The predicted molar refractivity (Wildman–Crippen MR) is 99.0 cm³/mol. The Morgan fingerprint density at radius 3 is 2.68 bits per heavy atom. The first-order valence-electron chi connectivity index (χ1n) is 9.41. The molecule has 3 fully saturated rings. The molecule has 0 radical (unpaired) electrons. The van der Waals surface area contributed by atoms with Crippen molar-refractivity contribution >= 4 is 11.7 Å². The van der Waals surface area contributed by atoms with Crippen molar-refractivity contribution in [1.82, 2.24) is 10.2 Å². The molecule has 3 aliphatic rings. The summed E-state index contributed by atoms with van der Waals surface area (Å²) >= 11 is 0. The van der Waals surface area contributed by atoms with E-state index in [1.807, 2.05) is 23.1 Å². The molecule has 0 aromatic heterocycles. The molecular weight excluding hydrogens is 314 g/mol. The minimum Gasteiger partial charge on any atom is -0.495 e. The smallest absolute Gasteiger partial charge is 0.317 e. The van der Waals surface area contributed by atoms with Crippen molar-refractivity contribution in [3.05, 3.63) is 24.3 Å². The highest BCUT2D eigenvalue weighted by Gasteiger charge is 2.62. The minimum atomic E-state index is 0.124. The number of benzene rings is 1. The highest BCUT2D eigenvalue weighted by atomic mass is 16.5. The quantitative estimate of drug-likeness (QED) is 0.914. The maximum absolute atomic E-state index is 12.4. The van der Waals surface area contributed by atoms with Gasteiger partial charge in [0.05, 0.1) is 12.8 Å². The average molecular weight is 343 g/mol. The highest BCUT2D eigenvalue weighted by molar-refractivity contribution is 5.75. The van der Waals surface area contributed by atoms with Gasteiger partial charge in [-0.05, 0) is 41.7 Å². The van der Waals surface area contributed by atoms with Crippen LogP contribution in [0.3, 0.4) is 0 Å². The van der Waals surface area contributed by atoms with E-state index in [1.165, 1.54) is 0 Å². The third kappa shape index (κ3) is 2.94. The zero-order chi connectivity index (χ0) is 17.6. The number of ether oxygens (including phenoxy) is 1. The number of carbonyl (C=O) groups is 1. The molecule has 0 spiro atoms. The van der Waals surface area contributed by atoms with Crippen LogP contribution in [0.15, 0.2) is 24.3 Å². The molecule has 3 atom stereocenters. The first-order valence-corrected chi connectivity index (χ1v) is 9.41. The van der Waals surface area contributed by atoms with Gasteiger partial charge in [-0.3, -0.25) is 0 Å². The molecule has 1 saturated carbocycles. The molecule has 136 valence electrons. The van der Waals surface area contributed by atoms with Gasteiger partial charge in [0.25, 0.3) is 0 Å². The number of nitrogens with zero attached hydrogens (tertiary/aromatic N) is 2. The number of piperidine rings is 1. The molecule has 1 N–H and O–H groups in total. The van der Waals surface area contributed by atoms with E-state index in [4.69, 9.17) is 4.74 Å². The lowest BCUT2D eigenvalue weighted by molar-refractivity contribution is 0.194. The maximum atomic E-state index is 12.4. The van der Waals surface area contributed by atoms with Crippen molar-refractivity contribution in [2.75, 3.05) is 44.7 Å². The number of hydrogen-bond acceptors (Lipinski definition) is 3. The lowest BCUT2D eigenvalue weighted by Gasteiger charge is -2.24. The molecule has 2 aliphatic heterocycles. The molecule has 25 heavy (non-hydrogen) atoms. The Labute approximate surface area is 150 Å². The number of anilines is 1. The summed E-state index contributed by atoms with van der Waals surface area (Å²) in [5, 5.41) is 3.16. The fraction of sp³-hybridized carbons (Fsp3) is 0.650. The Morgan fingerprint density at radius 2 is 1.96 bits per heavy atom. The normalized spacial score (nSPS) is 29.5. The molecule has 0 unspecified atom stereocenters. The summed E-state index contributed by atoms with van der Waals surface area (Å²) in [6.07, 6.45) is 1.11. The summed E-state index contributed by atoms with van der Waals surface area (Å²) in [4.78, 5) is 16.8. The van der Waals surface area contributed by atoms with E-state index in [-0.39, 0.29) is 6.03 Å². The Bertz CT molecular complexity index is 646. The molecule has 5 heteroatoms. The van der Waals surface area contributed by atoms with Crippen LogP contribution in [0.4, 0.5) is 10.5 Å². The molecular formula is C20H29N3O2. The summed E-state index contributed by atoms with van der Waals surface area (Å²) in [6, 6.07) is 8.28. The number of nitrogens with one attached hydrogen (secondary N) is 1. The zero-order valence-electron chi connectivity index (χ0n) is 15.5. The van der Waals surface area contributed by atoms with Crippen LogP contribution in [-0.2, 0) is 0 Å². The van der Waals surface area contributed by atoms with Gasteiger partial charge in [0.1, 0.15) is 5.75 Å². The van der Waals surface area contributed by atoms with Crippen molar-refractivity contribution in [2.24, 2.45) is 23.2 Å². The van der Waals surface area contributed by atoms with Crippen LogP contribution >= 0.6 is 0 Å². The number of para-hydroxylation sites is 2. The Balaban J connectivity index is 1.26. The van der Waals surface area contributed by atoms with E-state index in [9.17, 15) is 4.79 Å². The fourth-order valence-electron chi connectivity index (χ4n) is 4.75. The van der Waals surface area contributed by atoms with E-state index < -0.39 is 0 Å². The number of urea groups is 1. The topological polar surface area (TPSA) is 44.8 Å². The Kier molecular flexibility index (Phi) is 4.05.